The molecule has 4 rings (SSSR count). The zero-order valence-corrected chi connectivity index (χ0v) is 18.3. The molecule has 2 N–H and O–H groups in total. The first kappa shape index (κ1) is 21.7. The van der Waals surface area contributed by atoms with E-state index in [1.165, 1.54) is 18.5 Å². The maximum Gasteiger partial charge on any atom is 0.245 e. The molecule has 3 aromatic rings. The number of methoxy groups -OCH3 is 1. The summed E-state index contributed by atoms with van der Waals surface area (Å²) >= 11 is 5.90. The van der Waals surface area contributed by atoms with Crippen LogP contribution in [0.1, 0.15) is 12.8 Å². The van der Waals surface area contributed by atoms with E-state index in [1.54, 1.807) is 30.2 Å². The van der Waals surface area contributed by atoms with Crippen LogP contribution in [0.4, 0.5) is 11.5 Å². The number of benzene rings is 2. The Morgan fingerprint density at radius 1 is 1.25 bits per heavy atom. The summed E-state index contributed by atoms with van der Waals surface area (Å²) in [6, 6.07) is 8.51. The fraction of sp³-hybridized carbons (Fsp3) is 0.261. The maximum absolute atomic E-state index is 11.8. The van der Waals surface area contributed by atoms with Gasteiger partial charge in [-0.3, -0.25) is 4.79 Å². The number of halogens is 1. The smallest absolute Gasteiger partial charge is 0.245 e. The van der Waals surface area contributed by atoms with Gasteiger partial charge in [0, 0.05) is 49.1 Å². The van der Waals surface area contributed by atoms with E-state index in [0.29, 0.717) is 54.5 Å². The van der Waals surface area contributed by atoms with E-state index in [9.17, 15) is 9.90 Å². The molecule has 32 heavy (non-hydrogen) atoms. The zero-order valence-electron chi connectivity index (χ0n) is 17.5. The first-order chi connectivity index (χ1) is 15.5. The topological polar surface area (TPSA) is 96.8 Å². The highest BCUT2D eigenvalue weighted by Gasteiger charge is 2.24. The van der Waals surface area contributed by atoms with Crippen LogP contribution in [0, 0.1) is 0 Å². The van der Waals surface area contributed by atoms with Crippen LogP contribution < -0.4 is 14.8 Å². The third kappa shape index (κ3) is 4.55. The number of hydrogen-bond donors (Lipinski definition) is 2. The minimum atomic E-state index is -0.0622. The number of rotatable bonds is 6. The molecule has 1 amide bonds. The number of amides is 1. The van der Waals surface area contributed by atoms with Crippen molar-refractivity contribution < 1.29 is 19.4 Å². The molecule has 1 saturated heterocycles. The standard InChI is InChI=1S/C23H23ClN4O4/c1-3-22(30)28-8-6-15(7-9-28)32-21-11-16-18(12-20(21)31-2)25-13-26-23(16)27-14-4-5-17(24)19(29)10-14/h3-5,10-13,15,29H,1,6-9H2,2H3,(H,25,26,27). The third-order valence-electron chi connectivity index (χ3n) is 5.35. The van der Waals surface area contributed by atoms with Gasteiger partial charge in [-0.15, -0.1) is 0 Å². The highest BCUT2D eigenvalue weighted by atomic mass is 35.5. The number of carbonyl (C=O) groups is 1. The zero-order chi connectivity index (χ0) is 22.7. The van der Waals surface area contributed by atoms with Crippen LogP contribution in [0.3, 0.4) is 0 Å². The van der Waals surface area contributed by atoms with Gasteiger partial charge in [-0.25, -0.2) is 9.97 Å². The monoisotopic (exact) mass is 454 g/mol. The number of carbonyl (C=O) groups excluding carboxylic acids is 1. The first-order valence-corrected chi connectivity index (χ1v) is 10.5. The number of phenols is 1. The fourth-order valence-corrected chi connectivity index (χ4v) is 3.76. The number of anilines is 2. The molecule has 2 heterocycles. The third-order valence-corrected chi connectivity index (χ3v) is 5.67. The predicted molar refractivity (Wildman–Crippen MR) is 123 cm³/mol. The van der Waals surface area contributed by atoms with Gasteiger partial charge in [-0.1, -0.05) is 18.2 Å². The largest absolute Gasteiger partial charge is 0.506 e. The van der Waals surface area contributed by atoms with Crippen LogP contribution in [0.15, 0.2) is 49.3 Å². The number of aromatic nitrogens is 2. The number of ether oxygens (including phenoxy) is 2. The fourth-order valence-electron chi connectivity index (χ4n) is 3.65. The lowest BCUT2D eigenvalue weighted by molar-refractivity contribution is -0.127. The Morgan fingerprint density at radius 2 is 2.03 bits per heavy atom. The highest BCUT2D eigenvalue weighted by Crippen LogP contribution is 2.37. The number of piperidine rings is 1. The van der Waals surface area contributed by atoms with Crippen LogP contribution in [-0.2, 0) is 4.79 Å². The summed E-state index contributed by atoms with van der Waals surface area (Å²) in [7, 11) is 1.58. The summed E-state index contributed by atoms with van der Waals surface area (Å²) in [5, 5.41) is 14.1. The van der Waals surface area contributed by atoms with E-state index in [4.69, 9.17) is 21.1 Å². The van der Waals surface area contributed by atoms with Crippen molar-refractivity contribution in [3.8, 4) is 17.2 Å². The second kappa shape index (κ2) is 9.32. The first-order valence-electron chi connectivity index (χ1n) is 10.1. The van der Waals surface area contributed by atoms with Gasteiger partial charge in [0.25, 0.3) is 0 Å². The molecule has 1 fully saturated rings. The minimum Gasteiger partial charge on any atom is -0.506 e. The van der Waals surface area contributed by atoms with E-state index < -0.39 is 0 Å². The van der Waals surface area contributed by atoms with Gasteiger partial charge >= 0.3 is 0 Å². The molecule has 0 aliphatic carbocycles. The second-order valence-electron chi connectivity index (χ2n) is 7.38. The van der Waals surface area contributed by atoms with Gasteiger partial charge in [-0.05, 0) is 24.3 Å². The molecule has 0 spiro atoms. The Labute approximate surface area is 190 Å². The minimum absolute atomic E-state index is 0.0259. The molecule has 8 nitrogen and oxygen atoms in total. The van der Waals surface area contributed by atoms with Crippen molar-refractivity contribution in [3.05, 3.63) is 54.3 Å². The molecule has 2 aromatic carbocycles. The molecule has 0 radical (unpaired) electrons. The van der Waals surface area contributed by atoms with Crippen molar-refractivity contribution in [2.24, 2.45) is 0 Å². The Kier molecular flexibility index (Phi) is 6.32. The van der Waals surface area contributed by atoms with Crippen molar-refractivity contribution in [1.29, 1.82) is 0 Å². The molecule has 1 aromatic heterocycles. The van der Waals surface area contributed by atoms with E-state index in [0.717, 1.165) is 5.39 Å². The quantitative estimate of drug-likeness (QED) is 0.536. The van der Waals surface area contributed by atoms with Crippen molar-refractivity contribution in [3.63, 3.8) is 0 Å². The molecular formula is C23H23ClN4O4. The lowest BCUT2D eigenvalue weighted by Crippen LogP contribution is -2.41. The summed E-state index contributed by atoms with van der Waals surface area (Å²) in [5.41, 5.74) is 1.31. The van der Waals surface area contributed by atoms with Crippen molar-refractivity contribution in [2.75, 3.05) is 25.5 Å². The van der Waals surface area contributed by atoms with Crippen LogP contribution in [-0.4, -0.2) is 52.2 Å². The van der Waals surface area contributed by atoms with Gasteiger partial charge in [0.1, 0.15) is 24.0 Å². The molecule has 1 aliphatic heterocycles. The SMILES string of the molecule is C=CC(=O)N1CCC(Oc2cc3c(Nc4ccc(Cl)c(O)c4)ncnc3cc2OC)CC1. The number of nitrogens with zero attached hydrogens (tertiary/aromatic N) is 3. The van der Waals surface area contributed by atoms with Crippen molar-refractivity contribution in [1.82, 2.24) is 14.9 Å². The van der Waals surface area contributed by atoms with E-state index in [1.807, 2.05) is 6.07 Å². The second-order valence-corrected chi connectivity index (χ2v) is 7.79. The molecule has 1 aliphatic rings. The maximum atomic E-state index is 11.8. The Hall–Kier alpha value is -3.52. The normalized spacial score (nSPS) is 14.2. The summed E-state index contributed by atoms with van der Waals surface area (Å²) in [6.45, 7) is 4.77. The lowest BCUT2D eigenvalue weighted by atomic mass is 10.1. The van der Waals surface area contributed by atoms with Gasteiger partial charge < -0.3 is 24.8 Å². The number of hydrogen-bond acceptors (Lipinski definition) is 7. The van der Waals surface area contributed by atoms with Gasteiger partial charge in [0.05, 0.1) is 17.6 Å². The Morgan fingerprint density at radius 3 is 2.72 bits per heavy atom. The van der Waals surface area contributed by atoms with E-state index in [-0.39, 0.29) is 22.8 Å². The predicted octanol–water partition coefficient (Wildman–Crippen LogP) is 4.30. The van der Waals surface area contributed by atoms with Crippen LogP contribution in [0.25, 0.3) is 10.9 Å². The highest BCUT2D eigenvalue weighted by molar-refractivity contribution is 6.32. The van der Waals surface area contributed by atoms with Gasteiger partial charge in [0.15, 0.2) is 11.5 Å². The van der Waals surface area contributed by atoms with Gasteiger partial charge in [0.2, 0.25) is 5.91 Å². The lowest BCUT2D eigenvalue weighted by Gasteiger charge is -2.31. The Balaban J connectivity index is 1.60. The summed E-state index contributed by atoms with van der Waals surface area (Å²) in [6.07, 6.45) is 4.15. The molecule has 0 atom stereocenters. The molecule has 0 bridgehead atoms. The molecule has 166 valence electrons. The number of aromatic hydroxyl groups is 1. The number of phenolic OH excluding ortho intramolecular Hbond substituents is 1. The molecule has 9 heteroatoms. The number of nitrogens with one attached hydrogen (secondary N) is 1. The summed E-state index contributed by atoms with van der Waals surface area (Å²) in [5.74, 6) is 1.60. The average molecular weight is 455 g/mol. The molecule has 0 saturated carbocycles. The summed E-state index contributed by atoms with van der Waals surface area (Å²) < 4.78 is 11.8. The molecular weight excluding hydrogens is 432 g/mol. The number of fused-ring (bicyclic) bond motifs is 1. The van der Waals surface area contributed by atoms with E-state index >= 15 is 0 Å². The van der Waals surface area contributed by atoms with E-state index in [2.05, 4.69) is 21.9 Å². The molecule has 0 unspecified atom stereocenters. The van der Waals surface area contributed by atoms with Crippen LogP contribution in [0.5, 0.6) is 17.2 Å². The van der Waals surface area contributed by atoms with Crippen molar-refractivity contribution >= 4 is 39.9 Å². The average Bonchev–Trinajstić information content (AvgIpc) is 2.81. The van der Waals surface area contributed by atoms with Crippen LogP contribution >= 0.6 is 11.6 Å². The Bertz CT molecular complexity index is 1160. The van der Waals surface area contributed by atoms with Gasteiger partial charge in [-0.2, -0.15) is 0 Å². The van der Waals surface area contributed by atoms with Crippen molar-refractivity contribution in [2.45, 2.75) is 18.9 Å². The van der Waals surface area contributed by atoms with Crippen LogP contribution in [0.2, 0.25) is 5.02 Å². The number of likely N-dealkylation sites (tertiary alicyclic amines) is 1. The summed E-state index contributed by atoms with van der Waals surface area (Å²) in [4.78, 5) is 22.3.